The van der Waals surface area contributed by atoms with Gasteiger partial charge in [0, 0.05) is 18.7 Å². The summed E-state index contributed by atoms with van der Waals surface area (Å²) in [5, 5.41) is 0. The second-order valence-corrected chi connectivity index (χ2v) is 9.38. The highest BCUT2D eigenvalue weighted by Gasteiger charge is 2.38. The van der Waals surface area contributed by atoms with E-state index >= 15 is 0 Å². The zero-order valence-electron chi connectivity index (χ0n) is 20.9. The number of aldehydes is 1. The molecule has 1 heterocycles. The van der Waals surface area contributed by atoms with E-state index in [1.807, 2.05) is 38.1 Å². The Bertz CT molecular complexity index is 1340. The van der Waals surface area contributed by atoms with Crippen molar-refractivity contribution in [1.29, 1.82) is 0 Å². The summed E-state index contributed by atoms with van der Waals surface area (Å²) in [5.41, 5.74) is 1.93. The molecule has 7 nitrogen and oxygen atoms in total. The molecular formula is C29H28N2O5. The number of anilines is 1. The average Bonchev–Trinajstić information content (AvgIpc) is 3.12. The topological polar surface area (TPSA) is 84.0 Å². The number of carbonyl (C=O) groups excluding carboxylic acids is 4. The van der Waals surface area contributed by atoms with Crippen molar-refractivity contribution < 1.29 is 23.9 Å². The highest BCUT2D eigenvalue weighted by atomic mass is 16.5. The van der Waals surface area contributed by atoms with E-state index in [0.29, 0.717) is 29.4 Å². The van der Waals surface area contributed by atoms with E-state index in [0.717, 1.165) is 4.90 Å². The van der Waals surface area contributed by atoms with Crippen LogP contribution >= 0.6 is 0 Å². The molecule has 0 aromatic heterocycles. The fraction of sp³-hybridized carbons (Fsp3) is 0.241. The summed E-state index contributed by atoms with van der Waals surface area (Å²) in [7, 11) is 1.62. The van der Waals surface area contributed by atoms with Gasteiger partial charge in [-0.3, -0.25) is 19.2 Å². The largest absolute Gasteiger partial charge is 0.457 e. The summed E-state index contributed by atoms with van der Waals surface area (Å²) in [6.07, 6.45) is 0.530. The molecule has 0 saturated heterocycles. The summed E-state index contributed by atoms with van der Waals surface area (Å²) < 4.78 is 5.89. The van der Waals surface area contributed by atoms with Crippen molar-refractivity contribution in [3.63, 3.8) is 0 Å². The predicted molar refractivity (Wildman–Crippen MR) is 137 cm³/mol. The highest BCUT2D eigenvalue weighted by molar-refractivity contribution is 6.35. The Balaban J connectivity index is 1.59. The van der Waals surface area contributed by atoms with Crippen LogP contribution in [0.1, 0.15) is 80.6 Å². The number of imide groups is 1. The average molecular weight is 485 g/mol. The third kappa shape index (κ3) is 4.52. The van der Waals surface area contributed by atoms with Crippen molar-refractivity contribution in [1.82, 2.24) is 4.90 Å². The fourth-order valence-corrected chi connectivity index (χ4v) is 3.97. The minimum absolute atomic E-state index is 0.0708. The molecule has 1 aliphatic rings. The second-order valence-electron chi connectivity index (χ2n) is 9.38. The van der Waals surface area contributed by atoms with Crippen molar-refractivity contribution >= 4 is 29.7 Å². The molecule has 7 heteroatoms. The first-order valence-electron chi connectivity index (χ1n) is 11.8. The monoisotopic (exact) mass is 484 g/mol. The van der Waals surface area contributed by atoms with Crippen LogP contribution in [0, 0.1) is 0 Å². The first kappa shape index (κ1) is 24.9. The molecule has 0 radical (unpaired) electrons. The lowest BCUT2D eigenvalue weighted by Crippen LogP contribution is -2.33. The van der Waals surface area contributed by atoms with Crippen molar-refractivity contribution in [3.05, 3.63) is 88.5 Å². The Hall–Kier alpha value is -4.26. The standard InChI is InChI=1S/C29H28N2O5/c1-17(2)19-6-10-22(11-7-19)36-23-12-8-21(9-13-23)31-28(34)25-14-20(16-32)24(15-26(25)29(31)35)27(33)30(5)18(3)4/h6-18H,1-5H3. The molecule has 0 unspecified atom stereocenters. The fourth-order valence-electron chi connectivity index (χ4n) is 3.97. The Morgan fingerprint density at radius 3 is 1.89 bits per heavy atom. The lowest BCUT2D eigenvalue weighted by molar-refractivity contribution is 0.0751. The summed E-state index contributed by atoms with van der Waals surface area (Å²) in [5.74, 6) is 0.166. The Morgan fingerprint density at radius 2 is 1.39 bits per heavy atom. The molecule has 3 amide bonds. The van der Waals surface area contributed by atoms with Crippen LogP contribution in [0.25, 0.3) is 0 Å². The lowest BCUT2D eigenvalue weighted by atomic mass is 9.99. The highest BCUT2D eigenvalue weighted by Crippen LogP contribution is 2.32. The van der Waals surface area contributed by atoms with Crippen molar-refractivity contribution in [2.24, 2.45) is 0 Å². The van der Waals surface area contributed by atoms with Gasteiger partial charge in [0.15, 0.2) is 6.29 Å². The number of hydrogen-bond acceptors (Lipinski definition) is 5. The summed E-state index contributed by atoms with van der Waals surface area (Å²) in [6, 6.07) is 17.0. The molecule has 184 valence electrons. The van der Waals surface area contributed by atoms with Crippen molar-refractivity contribution in [2.75, 3.05) is 11.9 Å². The van der Waals surface area contributed by atoms with Gasteiger partial charge in [0.2, 0.25) is 0 Å². The lowest BCUT2D eigenvalue weighted by Gasteiger charge is -2.22. The van der Waals surface area contributed by atoms with Crippen molar-refractivity contribution in [3.8, 4) is 11.5 Å². The van der Waals surface area contributed by atoms with Crippen LogP contribution in [0.5, 0.6) is 11.5 Å². The van der Waals surface area contributed by atoms with Gasteiger partial charge >= 0.3 is 0 Å². The first-order valence-corrected chi connectivity index (χ1v) is 11.8. The van der Waals surface area contributed by atoms with E-state index in [4.69, 9.17) is 4.74 Å². The molecule has 0 aliphatic carbocycles. The molecule has 4 rings (SSSR count). The van der Waals surface area contributed by atoms with E-state index in [-0.39, 0.29) is 28.3 Å². The Kier molecular flexibility index (Phi) is 6.75. The third-order valence-corrected chi connectivity index (χ3v) is 6.39. The summed E-state index contributed by atoms with van der Waals surface area (Å²) >= 11 is 0. The molecule has 0 spiro atoms. The normalized spacial score (nSPS) is 12.8. The molecule has 0 atom stereocenters. The molecular weight excluding hydrogens is 456 g/mol. The van der Waals surface area contributed by atoms with E-state index in [2.05, 4.69) is 13.8 Å². The Labute approximate surface area is 210 Å². The number of ether oxygens (including phenoxy) is 1. The molecule has 3 aromatic carbocycles. The first-order chi connectivity index (χ1) is 17.1. The molecule has 36 heavy (non-hydrogen) atoms. The Morgan fingerprint density at radius 1 is 0.861 bits per heavy atom. The predicted octanol–water partition coefficient (Wildman–Crippen LogP) is 5.70. The molecule has 3 aromatic rings. The minimum Gasteiger partial charge on any atom is -0.457 e. The number of rotatable bonds is 7. The molecule has 0 saturated carbocycles. The second kappa shape index (κ2) is 9.77. The molecule has 0 fully saturated rings. The van der Waals surface area contributed by atoms with Gasteiger partial charge in [-0.25, -0.2) is 4.90 Å². The zero-order chi connectivity index (χ0) is 26.1. The maximum absolute atomic E-state index is 13.2. The SMILES string of the molecule is CC(C)c1ccc(Oc2ccc(N3C(=O)c4cc(C=O)c(C(=O)N(C)C(C)C)cc4C3=O)cc2)cc1. The summed E-state index contributed by atoms with van der Waals surface area (Å²) in [4.78, 5) is 53.4. The maximum Gasteiger partial charge on any atom is 0.266 e. The van der Waals surface area contributed by atoms with Crippen LogP contribution in [-0.4, -0.2) is 42.0 Å². The van der Waals surface area contributed by atoms with Gasteiger partial charge in [0.05, 0.1) is 22.4 Å². The smallest absolute Gasteiger partial charge is 0.266 e. The molecule has 1 aliphatic heterocycles. The number of amides is 3. The van der Waals surface area contributed by atoms with Gasteiger partial charge in [-0.05, 0) is 73.9 Å². The van der Waals surface area contributed by atoms with E-state index in [1.165, 1.54) is 22.6 Å². The van der Waals surface area contributed by atoms with Crippen LogP contribution in [0.4, 0.5) is 5.69 Å². The van der Waals surface area contributed by atoms with Crippen LogP contribution < -0.4 is 9.64 Å². The van der Waals surface area contributed by atoms with Crippen LogP contribution in [0.2, 0.25) is 0 Å². The number of nitrogens with zero attached hydrogens (tertiary/aromatic N) is 2. The van der Waals surface area contributed by atoms with E-state index in [1.54, 1.807) is 31.3 Å². The minimum atomic E-state index is -0.549. The number of hydrogen-bond donors (Lipinski definition) is 0. The number of fused-ring (bicyclic) bond motifs is 1. The van der Waals surface area contributed by atoms with Gasteiger partial charge in [-0.15, -0.1) is 0 Å². The van der Waals surface area contributed by atoms with Gasteiger partial charge in [-0.2, -0.15) is 0 Å². The third-order valence-electron chi connectivity index (χ3n) is 6.39. The molecule has 0 bridgehead atoms. The van der Waals surface area contributed by atoms with Crippen LogP contribution in [-0.2, 0) is 0 Å². The van der Waals surface area contributed by atoms with Gasteiger partial charge < -0.3 is 9.64 Å². The number of benzene rings is 3. The van der Waals surface area contributed by atoms with Gasteiger partial charge in [0.25, 0.3) is 17.7 Å². The molecule has 0 N–H and O–H groups in total. The van der Waals surface area contributed by atoms with Crippen LogP contribution in [0.15, 0.2) is 60.7 Å². The van der Waals surface area contributed by atoms with Gasteiger partial charge in [-0.1, -0.05) is 26.0 Å². The number of carbonyl (C=O) groups is 4. The summed E-state index contributed by atoms with van der Waals surface area (Å²) in [6.45, 7) is 7.93. The van der Waals surface area contributed by atoms with Crippen molar-refractivity contribution in [2.45, 2.75) is 39.7 Å². The van der Waals surface area contributed by atoms with E-state index in [9.17, 15) is 19.2 Å². The van der Waals surface area contributed by atoms with Gasteiger partial charge in [0.1, 0.15) is 11.5 Å². The van der Waals surface area contributed by atoms with Crippen LogP contribution in [0.3, 0.4) is 0 Å². The quantitative estimate of drug-likeness (QED) is 0.317. The maximum atomic E-state index is 13.2. The zero-order valence-corrected chi connectivity index (χ0v) is 20.9. The van der Waals surface area contributed by atoms with E-state index < -0.39 is 17.7 Å².